The molecule has 1 atom stereocenters. The van der Waals surface area contributed by atoms with Crippen molar-refractivity contribution in [1.29, 1.82) is 0 Å². The van der Waals surface area contributed by atoms with Crippen molar-refractivity contribution in [2.75, 3.05) is 24.6 Å². The molecule has 0 spiro atoms. The van der Waals surface area contributed by atoms with Gasteiger partial charge in [-0.3, -0.25) is 4.79 Å². The van der Waals surface area contributed by atoms with Gasteiger partial charge >= 0.3 is 5.97 Å². The van der Waals surface area contributed by atoms with E-state index in [1.165, 1.54) is 11.2 Å². The molecule has 1 N–H and O–H groups in total. The van der Waals surface area contributed by atoms with Gasteiger partial charge in [-0.15, -0.1) is 0 Å². The van der Waals surface area contributed by atoms with Gasteiger partial charge in [-0.2, -0.15) is 16.1 Å². The summed E-state index contributed by atoms with van der Waals surface area (Å²) in [6.45, 7) is 2.05. The third kappa shape index (κ3) is 2.40. The summed E-state index contributed by atoms with van der Waals surface area (Å²) in [4.78, 5) is 10.6. The Morgan fingerprint density at radius 1 is 1.43 bits per heavy atom. The smallest absolute Gasteiger partial charge is 0.323 e. The van der Waals surface area contributed by atoms with Crippen molar-refractivity contribution in [3.63, 3.8) is 0 Å². The Morgan fingerprint density at radius 3 is 2.36 bits per heavy atom. The highest BCUT2D eigenvalue weighted by Crippen LogP contribution is 2.16. The topological polar surface area (TPSA) is 74.7 Å². The van der Waals surface area contributed by atoms with Crippen LogP contribution < -0.4 is 0 Å². The summed E-state index contributed by atoms with van der Waals surface area (Å²) in [5.74, 6) is 0.195. The largest absolute Gasteiger partial charge is 0.480 e. The van der Waals surface area contributed by atoms with Gasteiger partial charge in [0.05, 0.1) is 0 Å². The Kier molecular flexibility index (Phi) is 3.79. The van der Waals surface area contributed by atoms with E-state index >= 15 is 0 Å². The number of thioether (sulfide) groups is 1. The average molecular weight is 239 g/mol. The molecule has 0 aromatic carbocycles. The van der Waals surface area contributed by atoms with Gasteiger partial charge in [0.25, 0.3) is 0 Å². The van der Waals surface area contributed by atoms with Gasteiger partial charge in [-0.25, -0.2) is 8.42 Å². The number of hydrogen-bond donors (Lipinski definition) is 1. The Bertz CT molecular complexity index is 308. The zero-order chi connectivity index (χ0) is 10.8. The molecule has 0 saturated carbocycles. The lowest BCUT2D eigenvalue weighted by Gasteiger charge is -2.27. The summed E-state index contributed by atoms with van der Waals surface area (Å²) in [5, 5.41) is 7.30. The molecule has 1 saturated heterocycles. The van der Waals surface area contributed by atoms with Crippen molar-refractivity contribution in [3.8, 4) is 0 Å². The first kappa shape index (κ1) is 11.8. The van der Waals surface area contributed by atoms with E-state index in [4.69, 9.17) is 5.11 Å². The molecule has 1 unspecified atom stereocenters. The fourth-order valence-electron chi connectivity index (χ4n) is 1.15. The molecule has 0 bridgehead atoms. The zero-order valence-electron chi connectivity index (χ0n) is 7.84. The lowest BCUT2D eigenvalue weighted by Crippen LogP contribution is -2.44. The summed E-state index contributed by atoms with van der Waals surface area (Å²) in [6.07, 6.45) is 0. The van der Waals surface area contributed by atoms with Crippen LogP contribution in [0.2, 0.25) is 0 Å². The first-order valence-electron chi connectivity index (χ1n) is 4.26. The van der Waals surface area contributed by atoms with E-state index in [1.54, 1.807) is 11.8 Å². The number of carboxylic acid groups (broad SMARTS) is 1. The second-order valence-electron chi connectivity index (χ2n) is 3.04. The van der Waals surface area contributed by atoms with Gasteiger partial charge in [-0.1, -0.05) is 0 Å². The fraction of sp³-hybridized carbons (Fsp3) is 0.857. The number of sulfonamides is 1. The molecule has 0 aromatic heterocycles. The van der Waals surface area contributed by atoms with Crippen LogP contribution in [-0.4, -0.2) is 53.6 Å². The van der Waals surface area contributed by atoms with Crippen LogP contribution >= 0.6 is 11.8 Å². The summed E-state index contributed by atoms with van der Waals surface area (Å²) in [7, 11) is -3.64. The molecule has 7 heteroatoms. The normalized spacial score (nSPS) is 21.8. The third-order valence-electron chi connectivity index (χ3n) is 2.12. The molecule has 82 valence electrons. The van der Waals surface area contributed by atoms with Crippen molar-refractivity contribution in [1.82, 2.24) is 4.31 Å². The molecule has 1 heterocycles. The first-order chi connectivity index (χ1) is 6.46. The van der Waals surface area contributed by atoms with Crippen LogP contribution in [0, 0.1) is 0 Å². The minimum Gasteiger partial charge on any atom is -0.480 e. The number of aliphatic carboxylic acids is 1. The van der Waals surface area contributed by atoms with Gasteiger partial charge in [0, 0.05) is 24.6 Å². The highest BCUT2D eigenvalue weighted by atomic mass is 32.2. The maximum atomic E-state index is 11.7. The average Bonchev–Trinajstić information content (AvgIpc) is 2.18. The summed E-state index contributed by atoms with van der Waals surface area (Å²) < 4.78 is 24.6. The summed E-state index contributed by atoms with van der Waals surface area (Å²) in [6, 6.07) is 0. The number of carboxylic acids is 1. The molecule has 0 aromatic rings. The van der Waals surface area contributed by atoms with Crippen LogP contribution in [0.5, 0.6) is 0 Å². The van der Waals surface area contributed by atoms with Crippen molar-refractivity contribution < 1.29 is 18.3 Å². The van der Waals surface area contributed by atoms with Gasteiger partial charge in [0.15, 0.2) is 5.25 Å². The zero-order valence-corrected chi connectivity index (χ0v) is 9.47. The Labute approximate surface area is 87.5 Å². The molecule has 1 fully saturated rings. The Morgan fingerprint density at radius 2 is 1.93 bits per heavy atom. The molecular weight excluding hydrogens is 226 g/mol. The van der Waals surface area contributed by atoms with E-state index in [9.17, 15) is 13.2 Å². The van der Waals surface area contributed by atoms with Gasteiger partial charge in [0.2, 0.25) is 10.0 Å². The van der Waals surface area contributed by atoms with Crippen molar-refractivity contribution >= 4 is 27.8 Å². The molecular formula is C7H13NO4S2. The second kappa shape index (κ2) is 4.50. The highest BCUT2D eigenvalue weighted by molar-refractivity contribution is 7.99. The predicted molar refractivity (Wildman–Crippen MR) is 54.9 cm³/mol. The van der Waals surface area contributed by atoms with E-state index in [2.05, 4.69) is 0 Å². The lowest BCUT2D eigenvalue weighted by atomic mass is 10.5. The van der Waals surface area contributed by atoms with E-state index in [0.29, 0.717) is 13.1 Å². The monoisotopic (exact) mass is 239 g/mol. The fourth-order valence-corrected chi connectivity index (χ4v) is 3.68. The molecule has 5 nitrogen and oxygen atoms in total. The van der Waals surface area contributed by atoms with Crippen LogP contribution in [0.25, 0.3) is 0 Å². The number of nitrogens with zero attached hydrogens (tertiary/aromatic N) is 1. The third-order valence-corrected chi connectivity index (χ3v) is 5.25. The van der Waals surface area contributed by atoms with E-state index in [1.807, 2.05) is 0 Å². The molecule has 0 aliphatic carbocycles. The van der Waals surface area contributed by atoms with Crippen molar-refractivity contribution in [2.45, 2.75) is 12.2 Å². The minimum absolute atomic E-state index is 0.421. The van der Waals surface area contributed by atoms with Crippen LogP contribution in [0.4, 0.5) is 0 Å². The van der Waals surface area contributed by atoms with Gasteiger partial charge in [0.1, 0.15) is 0 Å². The minimum atomic E-state index is -3.64. The van der Waals surface area contributed by atoms with E-state index < -0.39 is 21.2 Å². The van der Waals surface area contributed by atoms with Crippen molar-refractivity contribution in [3.05, 3.63) is 0 Å². The van der Waals surface area contributed by atoms with Crippen LogP contribution in [0.1, 0.15) is 6.92 Å². The number of rotatable bonds is 3. The Balaban J connectivity index is 2.78. The van der Waals surface area contributed by atoms with E-state index in [-0.39, 0.29) is 0 Å². The quantitative estimate of drug-likeness (QED) is 0.740. The molecule has 1 aliphatic rings. The molecule has 0 radical (unpaired) electrons. The standard InChI is InChI=1S/C7H13NO4S2/c1-6(7(9)10)14(11,12)8-2-4-13-5-3-8/h6H,2-5H2,1H3,(H,9,10). The Hall–Kier alpha value is -0.270. The highest BCUT2D eigenvalue weighted by Gasteiger charge is 2.34. The summed E-state index contributed by atoms with van der Waals surface area (Å²) in [5.41, 5.74) is 0. The van der Waals surface area contributed by atoms with E-state index in [0.717, 1.165) is 11.5 Å². The SMILES string of the molecule is CC(C(=O)O)S(=O)(=O)N1CCSCC1. The lowest BCUT2D eigenvalue weighted by molar-refractivity contribution is -0.136. The van der Waals surface area contributed by atoms with Gasteiger partial charge in [-0.05, 0) is 6.92 Å². The summed E-state index contributed by atoms with van der Waals surface area (Å²) >= 11 is 1.68. The van der Waals surface area contributed by atoms with Crippen LogP contribution in [0.15, 0.2) is 0 Å². The van der Waals surface area contributed by atoms with Crippen LogP contribution in [-0.2, 0) is 14.8 Å². The molecule has 1 aliphatic heterocycles. The maximum absolute atomic E-state index is 11.7. The van der Waals surface area contributed by atoms with Gasteiger partial charge < -0.3 is 5.11 Å². The first-order valence-corrected chi connectivity index (χ1v) is 6.91. The van der Waals surface area contributed by atoms with Crippen molar-refractivity contribution in [2.24, 2.45) is 0 Å². The molecule has 14 heavy (non-hydrogen) atoms. The molecule has 0 amide bonds. The number of hydrogen-bond acceptors (Lipinski definition) is 4. The second-order valence-corrected chi connectivity index (χ2v) is 6.52. The number of carbonyl (C=O) groups is 1. The van der Waals surface area contributed by atoms with Crippen LogP contribution in [0.3, 0.4) is 0 Å². The molecule has 1 rings (SSSR count). The maximum Gasteiger partial charge on any atom is 0.323 e. The predicted octanol–water partition coefficient (Wildman–Crippen LogP) is -0.162.